The van der Waals surface area contributed by atoms with E-state index in [1.807, 2.05) is 13.8 Å². The van der Waals surface area contributed by atoms with Crippen molar-refractivity contribution < 1.29 is 9.72 Å². The Balaban J connectivity index is 3.07. The highest BCUT2D eigenvalue weighted by Crippen LogP contribution is 2.27. The SMILES string of the molecule is CCCCN(CCCC)C(=O)c1ccnc(Cl)c1[N+](=O)[O-]. The maximum atomic E-state index is 12.6. The van der Waals surface area contributed by atoms with E-state index in [0.717, 1.165) is 25.7 Å². The number of hydrogen-bond acceptors (Lipinski definition) is 4. The molecule has 0 saturated heterocycles. The predicted molar refractivity (Wildman–Crippen MR) is 81.6 cm³/mol. The highest BCUT2D eigenvalue weighted by molar-refractivity contribution is 6.32. The second-order valence-corrected chi connectivity index (χ2v) is 5.11. The summed E-state index contributed by atoms with van der Waals surface area (Å²) in [5.41, 5.74) is -0.408. The molecule has 6 nitrogen and oxygen atoms in total. The molecule has 0 aliphatic carbocycles. The van der Waals surface area contributed by atoms with Crippen molar-refractivity contribution in [2.24, 2.45) is 0 Å². The number of carbonyl (C=O) groups is 1. The van der Waals surface area contributed by atoms with Crippen molar-refractivity contribution in [2.45, 2.75) is 39.5 Å². The average molecular weight is 314 g/mol. The number of rotatable bonds is 8. The topological polar surface area (TPSA) is 76.3 Å². The quantitative estimate of drug-likeness (QED) is 0.416. The number of nitro groups is 1. The Morgan fingerprint density at radius 3 is 2.38 bits per heavy atom. The zero-order chi connectivity index (χ0) is 15.8. The van der Waals surface area contributed by atoms with Crippen molar-refractivity contribution in [1.29, 1.82) is 0 Å². The van der Waals surface area contributed by atoms with Crippen molar-refractivity contribution in [2.75, 3.05) is 13.1 Å². The first-order valence-electron chi connectivity index (χ1n) is 7.11. The molecule has 0 fully saturated rings. The molecule has 0 unspecified atom stereocenters. The lowest BCUT2D eigenvalue weighted by Gasteiger charge is -2.22. The van der Waals surface area contributed by atoms with Crippen LogP contribution in [0, 0.1) is 10.1 Å². The van der Waals surface area contributed by atoms with Crippen LogP contribution >= 0.6 is 11.6 Å². The predicted octanol–water partition coefficient (Wildman–Crippen LogP) is 3.69. The first-order chi connectivity index (χ1) is 10.0. The smallest absolute Gasteiger partial charge is 0.319 e. The number of amides is 1. The van der Waals surface area contributed by atoms with Gasteiger partial charge in [0.15, 0.2) is 0 Å². The Morgan fingerprint density at radius 1 is 1.33 bits per heavy atom. The normalized spacial score (nSPS) is 10.4. The highest BCUT2D eigenvalue weighted by atomic mass is 35.5. The third-order valence-corrected chi connectivity index (χ3v) is 3.42. The highest BCUT2D eigenvalue weighted by Gasteiger charge is 2.27. The molecule has 1 rings (SSSR count). The maximum Gasteiger partial charge on any atom is 0.319 e. The van der Waals surface area contributed by atoms with E-state index >= 15 is 0 Å². The summed E-state index contributed by atoms with van der Waals surface area (Å²) in [6.07, 6.45) is 4.95. The molecule has 0 radical (unpaired) electrons. The van der Waals surface area contributed by atoms with Crippen LogP contribution in [-0.2, 0) is 0 Å². The fourth-order valence-electron chi connectivity index (χ4n) is 1.96. The lowest BCUT2D eigenvalue weighted by Crippen LogP contribution is -2.33. The number of pyridine rings is 1. The first-order valence-corrected chi connectivity index (χ1v) is 7.48. The number of halogens is 1. The molecule has 1 amide bonds. The van der Waals surface area contributed by atoms with Crippen molar-refractivity contribution in [3.8, 4) is 0 Å². The van der Waals surface area contributed by atoms with Crippen LogP contribution in [0.5, 0.6) is 0 Å². The fourth-order valence-corrected chi connectivity index (χ4v) is 2.19. The standard InChI is InChI=1S/C14H20ClN3O3/c1-3-5-9-17(10-6-4-2)14(19)11-7-8-16-13(15)12(11)18(20)21/h7-8H,3-6,9-10H2,1-2H3. The molecular weight excluding hydrogens is 294 g/mol. The molecule has 21 heavy (non-hydrogen) atoms. The average Bonchev–Trinajstić information content (AvgIpc) is 2.46. The molecule has 0 N–H and O–H groups in total. The summed E-state index contributed by atoms with van der Waals surface area (Å²) < 4.78 is 0. The van der Waals surface area contributed by atoms with E-state index in [1.165, 1.54) is 12.3 Å². The molecule has 116 valence electrons. The third kappa shape index (κ3) is 4.67. The van der Waals surface area contributed by atoms with E-state index in [9.17, 15) is 14.9 Å². The van der Waals surface area contributed by atoms with Crippen LogP contribution in [0.25, 0.3) is 0 Å². The molecule has 1 heterocycles. The molecule has 0 aromatic carbocycles. The summed E-state index contributed by atoms with van der Waals surface area (Å²) in [6, 6.07) is 1.36. The molecule has 7 heteroatoms. The lowest BCUT2D eigenvalue weighted by molar-refractivity contribution is -0.385. The largest absolute Gasteiger partial charge is 0.338 e. The Bertz CT molecular complexity index is 500. The third-order valence-electron chi connectivity index (χ3n) is 3.14. The summed E-state index contributed by atoms with van der Waals surface area (Å²) in [5.74, 6) is -0.354. The van der Waals surface area contributed by atoms with Gasteiger partial charge in [-0.2, -0.15) is 0 Å². The van der Waals surface area contributed by atoms with Crippen LogP contribution in [0.2, 0.25) is 5.15 Å². The van der Waals surface area contributed by atoms with Gasteiger partial charge in [-0.05, 0) is 18.9 Å². The Kier molecular flexibility index (Phi) is 7.08. The van der Waals surface area contributed by atoms with E-state index in [-0.39, 0.29) is 16.6 Å². The Labute approximate surface area is 129 Å². The van der Waals surface area contributed by atoms with Gasteiger partial charge in [-0.1, -0.05) is 38.3 Å². The molecule has 0 aliphatic rings. The summed E-state index contributed by atoms with van der Waals surface area (Å²) in [4.78, 5) is 28.4. The van der Waals surface area contributed by atoms with Crippen molar-refractivity contribution in [1.82, 2.24) is 9.88 Å². The summed E-state index contributed by atoms with van der Waals surface area (Å²) in [6.45, 7) is 5.25. The van der Waals surface area contributed by atoms with Crippen LogP contribution in [0.15, 0.2) is 12.3 Å². The van der Waals surface area contributed by atoms with Gasteiger partial charge in [0.25, 0.3) is 5.91 Å². The second-order valence-electron chi connectivity index (χ2n) is 4.75. The minimum Gasteiger partial charge on any atom is -0.338 e. The van der Waals surface area contributed by atoms with Gasteiger partial charge in [0.2, 0.25) is 5.15 Å². The molecule has 0 aliphatic heterocycles. The molecular formula is C14H20ClN3O3. The molecule has 0 bridgehead atoms. The van der Waals surface area contributed by atoms with Crippen molar-refractivity contribution in [3.63, 3.8) is 0 Å². The van der Waals surface area contributed by atoms with Crippen LogP contribution in [0.4, 0.5) is 5.69 Å². The van der Waals surface area contributed by atoms with Gasteiger partial charge < -0.3 is 4.90 Å². The molecule has 0 saturated carbocycles. The summed E-state index contributed by atoms with van der Waals surface area (Å²) in [5, 5.41) is 10.9. The number of hydrogen-bond donors (Lipinski definition) is 0. The number of unbranched alkanes of at least 4 members (excludes halogenated alkanes) is 2. The van der Waals surface area contributed by atoms with Crippen molar-refractivity contribution >= 4 is 23.2 Å². The number of carbonyl (C=O) groups excluding carboxylic acids is 1. The monoisotopic (exact) mass is 313 g/mol. The first kappa shape index (κ1) is 17.4. The van der Waals surface area contributed by atoms with Gasteiger partial charge in [-0.3, -0.25) is 14.9 Å². The van der Waals surface area contributed by atoms with Gasteiger partial charge in [0, 0.05) is 19.3 Å². The van der Waals surface area contributed by atoms with E-state index < -0.39 is 10.6 Å². The van der Waals surface area contributed by atoms with Gasteiger partial charge in [-0.15, -0.1) is 0 Å². The Morgan fingerprint density at radius 2 is 1.90 bits per heavy atom. The Hall–Kier alpha value is -1.69. The maximum absolute atomic E-state index is 12.6. The van der Waals surface area contributed by atoms with Gasteiger partial charge in [0.1, 0.15) is 5.56 Å². The van der Waals surface area contributed by atoms with Gasteiger partial charge >= 0.3 is 5.69 Å². The van der Waals surface area contributed by atoms with Crippen LogP contribution in [-0.4, -0.2) is 33.8 Å². The van der Waals surface area contributed by atoms with Gasteiger partial charge in [0.05, 0.1) is 4.92 Å². The molecule has 1 aromatic heterocycles. The molecule has 1 aromatic rings. The van der Waals surface area contributed by atoms with Crippen LogP contribution < -0.4 is 0 Å². The lowest BCUT2D eigenvalue weighted by atomic mass is 10.1. The van der Waals surface area contributed by atoms with Crippen LogP contribution in [0.1, 0.15) is 49.9 Å². The summed E-state index contributed by atoms with van der Waals surface area (Å²) >= 11 is 5.76. The summed E-state index contributed by atoms with van der Waals surface area (Å²) in [7, 11) is 0. The van der Waals surface area contributed by atoms with Crippen LogP contribution in [0.3, 0.4) is 0 Å². The van der Waals surface area contributed by atoms with E-state index in [0.29, 0.717) is 13.1 Å². The number of aromatic nitrogens is 1. The zero-order valence-corrected chi connectivity index (χ0v) is 13.1. The number of nitrogens with zero attached hydrogens (tertiary/aromatic N) is 3. The fraction of sp³-hybridized carbons (Fsp3) is 0.571. The van der Waals surface area contributed by atoms with E-state index in [1.54, 1.807) is 4.90 Å². The zero-order valence-electron chi connectivity index (χ0n) is 12.3. The van der Waals surface area contributed by atoms with Crippen molar-refractivity contribution in [3.05, 3.63) is 33.1 Å². The minimum atomic E-state index is -0.652. The second kappa shape index (κ2) is 8.56. The van der Waals surface area contributed by atoms with Gasteiger partial charge in [-0.25, -0.2) is 4.98 Å². The molecule has 0 atom stereocenters. The van der Waals surface area contributed by atoms with E-state index in [2.05, 4.69) is 4.98 Å². The molecule has 0 spiro atoms. The van der Waals surface area contributed by atoms with E-state index in [4.69, 9.17) is 11.6 Å². The minimum absolute atomic E-state index is 0.00667.